The molecule has 0 fully saturated rings. The molecule has 0 aliphatic heterocycles. The lowest BCUT2D eigenvalue weighted by Gasteiger charge is -2.10. The van der Waals surface area contributed by atoms with E-state index in [1.54, 1.807) is 6.08 Å². The first-order valence-corrected chi connectivity index (χ1v) is 5.15. The van der Waals surface area contributed by atoms with Gasteiger partial charge in [0, 0.05) is 0 Å². The lowest BCUT2D eigenvalue weighted by atomic mass is 10.2. The third-order valence-electron chi connectivity index (χ3n) is 1.75. The number of carbonyl (C=O) groups excluding carboxylic acids is 1. The standard InChI is InChI=1S/C9H10Cl2N4O/c1-2-3-5(12)9(16)15-8-6(10)7(11)13-4-14-8/h2,4-5H,1,3,12H2,(H,13,14,15,16). The van der Waals surface area contributed by atoms with Crippen molar-refractivity contribution in [1.29, 1.82) is 0 Å². The summed E-state index contributed by atoms with van der Waals surface area (Å²) < 4.78 is 0. The number of carbonyl (C=O) groups is 1. The van der Waals surface area contributed by atoms with Crippen LogP contribution in [0.2, 0.25) is 10.2 Å². The van der Waals surface area contributed by atoms with Crippen molar-refractivity contribution in [3.8, 4) is 0 Å². The summed E-state index contributed by atoms with van der Waals surface area (Å²) in [6.45, 7) is 3.49. The van der Waals surface area contributed by atoms with Gasteiger partial charge in [0.1, 0.15) is 11.3 Å². The number of nitrogens with zero attached hydrogens (tertiary/aromatic N) is 2. The first-order valence-electron chi connectivity index (χ1n) is 4.39. The van der Waals surface area contributed by atoms with Crippen LogP contribution in [-0.2, 0) is 4.79 Å². The summed E-state index contributed by atoms with van der Waals surface area (Å²) in [5.74, 6) is -0.261. The van der Waals surface area contributed by atoms with Gasteiger partial charge in [0.2, 0.25) is 5.91 Å². The van der Waals surface area contributed by atoms with Crippen molar-refractivity contribution in [2.24, 2.45) is 5.73 Å². The maximum Gasteiger partial charge on any atom is 0.242 e. The van der Waals surface area contributed by atoms with Crippen molar-refractivity contribution in [3.05, 3.63) is 29.2 Å². The van der Waals surface area contributed by atoms with Gasteiger partial charge in [-0.2, -0.15) is 0 Å². The molecular formula is C9H10Cl2N4O. The number of rotatable bonds is 4. The highest BCUT2D eigenvalue weighted by molar-refractivity contribution is 6.42. The molecule has 0 aliphatic carbocycles. The van der Waals surface area contributed by atoms with E-state index in [4.69, 9.17) is 28.9 Å². The van der Waals surface area contributed by atoms with Crippen LogP contribution < -0.4 is 11.1 Å². The van der Waals surface area contributed by atoms with Gasteiger partial charge in [-0.15, -0.1) is 6.58 Å². The third-order valence-corrected chi connectivity index (χ3v) is 2.49. The van der Waals surface area contributed by atoms with E-state index in [9.17, 15) is 4.79 Å². The minimum absolute atomic E-state index is 0.0734. The molecule has 0 saturated heterocycles. The second-order valence-electron chi connectivity index (χ2n) is 2.95. The molecule has 3 N–H and O–H groups in total. The van der Waals surface area contributed by atoms with Gasteiger partial charge in [0.15, 0.2) is 11.0 Å². The maximum absolute atomic E-state index is 11.5. The average Bonchev–Trinajstić information content (AvgIpc) is 2.25. The molecule has 16 heavy (non-hydrogen) atoms. The zero-order valence-electron chi connectivity index (χ0n) is 8.28. The summed E-state index contributed by atoms with van der Waals surface area (Å²) >= 11 is 11.4. The van der Waals surface area contributed by atoms with Crippen molar-refractivity contribution in [3.63, 3.8) is 0 Å². The zero-order valence-corrected chi connectivity index (χ0v) is 9.79. The molecule has 1 unspecified atom stereocenters. The van der Waals surface area contributed by atoms with Gasteiger partial charge in [0.25, 0.3) is 0 Å². The number of hydrogen-bond acceptors (Lipinski definition) is 4. The zero-order chi connectivity index (χ0) is 12.1. The van der Waals surface area contributed by atoms with Gasteiger partial charge < -0.3 is 11.1 Å². The van der Waals surface area contributed by atoms with E-state index in [1.165, 1.54) is 6.33 Å². The fourth-order valence-corrected chi connectivity index (χ4v) is 1.21. The van der Waals surface area contributed by atoms with Crippen molar-refractivity contribution < 1.29 is 4.79 Å². The molecule has 0 spiro atoms. The molecule has 1 aromatic heterocycles. The van der Waals surface area contributed by atoms with Crippen molar-refractivity contribution in [2.75, 3.05) is 5.32 Å². The summed E-state index contributed by atoms with van der Waals surface area (Å²) in [7, 11) is 0. The lowest BCUT2D eigenvalue weighted by molar-refractivity contribution is -0.117. The Morgan fingerprint density at radius 2 is 2.31 bits per heavy atom. The topological polar surface area (TPSA) is 80.9 Å². The number of anilines is 1. The fourth-order valence-electron chi connectivity index (χ4n) is 0.931. The number of hydrogen-bond donors (Lipinski definition) is 2. The highest BCUT2D eigenvalue weighted by Gasteiger charge is 2.15. The van der Waals surface area contributed by atoms with Crippen LogP contribution in [0.3, 0.4) is 0 Å². The Labute approximate surface area is 103 Å². The Morgan fingerprint density at radius 1 is 1.62 bits per heavy atom. The largest absolute Gasteiger partial charge is 0.320 e. The second-order valence-corrected chi connectivity index (χ2v) is 3.68. The van der Waals surface area contributed by atoms with Gasteiger partial charge in [-0.1, -0.05) is 29.3 Å². The molecular weight excluding hydrogens is 251 g/mol. The second kappa shape index (κ2) is 5.79. The molecule has 1 amide bonds. The Hall–Kier alpha value is -1.17. The van der Waals surface area contributed by atoms with Crippen molar-refractivity contribution in [1.82, 2.24) is 9.97 Å². The minimum Gasteiger partial charge on any atom is -0.320 e. The molecule has 1 rings (SSSR count). The van der Waals surface area contributed by atoms with Gasteiger partial charge in [-0.25, -0.2) is 9.97 Å². The molecule has 0 bridgehead atoms. The first-order chi connectivity index (χ1) is 7.56. The van der Waals surface area contributed by atoms with Gasteiger partial charge in [-0.05, 0) is 6.42 Å². The molecule has 0 aromatic carbocycles. The van der Waals surface area contributed by atoms with Crippen LogP contribution in [0.1, 0.15) is 6.42 Å². The van der Waals surface area contributed by atoms with Gasteiger partial charge >= 0.3 is 0 Å². The summed E-state index contributed by atoms with van der Waals surface area (Å²) in [6, 6.07) is -0.692. The Balaban J connectivity index is 2.77. The summed E-state index contributed by atoms with van der Waals surface area (Å²) in [5.41, 5.74) is 5.56. The first kappa shape index (κ1) is 12.9. The number of halogens is 2. The number of nitrogens with two attached hydrogens (primary N) is 1. The summed E-state index contributed by atoms with van der Waals surface area (Å²) in [5, 5.41) is 2.62. The van der Waals surface area contributed by atoms with Crippen LogP contribution in [0.5, 0.6) is 0 Å². The Kier molecular flexibility index (Phi) is 4.67. The van der Waals surface area contributed by atoms with Crippen molar-refractivity contribution >= 4 is 34.9 Å². The van der Waals surface area contributed by atoms with E-state index in [-0.39, 0.29) is 16.0 Å². The highest BCUT2D eigenvalue weighted by atomic mass is 35.5. The fraction of sp³-hybridized carbons (Fsp3) is 0.222. The van der Waals surface area contributed by atoms with Gasteiger partial charge in [-0.3, -0.25) is 4.79 Å². The molecule has 1 atom stereocenters. The molecule has 7 heteroatoms. The van der Waals surface area contributed by atoms with E-state index < -0.39 is 11.9 Å². The third kappa shape index (κ3) is 3.16. The predicted molar refractivity (Wildman–Crippen MR) is 63.5 cm³/mol. The quantitative estimate of drug-likeness (QED) is 0.637. The van der Waals surface area contributed by atoms with E-state index in [1.807, 2.05) is 0 Å². The summed E-state index contributed by atoms with van der Waals surface area (Å²) in [6.07, 6.45) is 3.12. The van der Waals surface area contributed by atoms with E-state index >= 15 is 0 Å². The van der Waals surface area contributed by atoms with Crippen molar-refractivity contribution in [2.45, 2.75) is 12.5 Å². The van der Waals surface area contributed by atoms with E-state index in [0.717, 1.165) is 0 Å². The molecule has 86 valence electrons. The predicted octanol–water partition coefficient (Wildman–Crippen LogP) is 1.63. The number of amides is 1. The van der Waals surface area contributed by atoms with Crippen LogP contribution in [0.15, 0.2) is 19.0 Å². The molecule has 0 radical (unpaired) electrons. The smallest absolute Gasteiger partial charge is 0.242 e. The van der Waals surface area contributed by atoms with Crippen LogP contribution in [0, 0.1) is 0 Å². The Morgan fingerprint density at radius 3 is 2.94 bits per heavy atom. The van der Waals surface area contributed by atoms with Crippen LogP contribution in [0.4, 0.5) is 5.82 Å². The van der Waals surface area contributed by atoms with E-state index in [2.05, 4.69) is 21.9 Å². The number of nitrogens with one attached hydrogen (secondary N) is 1. The maximum atomic E-state index is 11.5. The molecule has 1 aromatic rings. The lowest BCUT2D eigenvalue weighted by Crippen LogP contribution is -2.35. The molecule has 5 nitrogen and oxygen atoms in total. The molecule has 0 aliphatic rings. The highest BCUT2D eigenvalue weighted by Crippen LogP contribution is 2.25. The van der Waals surface area contributed by atoms with Crippen LogP contribution in [0.25, 0.3) is 0 Å². The molecule has 1 heterocycles. The normalized spacial score (nSPS) is 11.9. The number of aromatic nitrogens is 2. The monoisotopic (exact) mass is 260 g/mol. The van der Waals surface area contributed by atoms with Gasteiger partial charge in [0.05, 0.1) is 6.04 Å². The Bertz CT molecular complexity index is 410. The van der Waals surface area contributed by atoms with Crippen LogP contribution >= 0.6 is 23.2 Å². The summed E-state index contributed by atoms with van der Waals surface area (Å²) in [4.78, 5) is 19.0. The molecule has 0 saturated carbocycles. The van der Waals surface area contributed by atoms with Crippen LogP contribution in [-0.4, -0.2) is 21.9 Å². The van der Waals surface area contributed by atoms with E-state index in [0.29, 0.717) is 6.42 Å². The average molecular weight is 261 g/mol. The minimum atomic E-state index is -0.692. The SMILES string of the molecule is C=CCC(N)C(=O)Nc1ncnc(Cl)c1Cl.